The summed E-state index contributed by atoms with van der Waals surface area (Å²) in [6, 6.07) is 10.8. The first kappa shape index (κ1) is 34.1. The highest BCUT2D eigenvalue weighted by Gasteiger charge is 2.57. The number of hydroxylamine groups is 6. The maximum atomic E-state index is 15.0. The zero-order valence-corrected chi connectivity index (χ0v) is 29.1. The molecule has 8 heteroatoms. The van der Waals surface area contributed by atoms with Crippen molar-refractivity contribution >= 4 is 23.2 Å². The molecule has 8 nitrogen and oxygen atoms in total. The van der Waals surface area contributed by atoms with Crippen LogP contribution in [0.25, 0.3) is 0 Å². The summed E-state index contributed by atoms with van der Waals surface area (Å²) in [5.41, 5.74) is 6.10. The molecule has 2 N–H and O–H groups in total. The van der Waals surface area contributed by atoms with E-state index in [-0.39, 0.29) is 48.8 Å². The van der Waals surface area contributed by atoms with Gasteiger partial charge in [-0.15, -0.1) is 0 Å². The van der Waals surface area contributed by atoms with Crippen LogP contribution in [0.4, 0.5) is 11.4 Å². The molecule has 8 atom stereocenters. The number of carbonyl (C=O) groups excluding carboxylic acids is 2. The molecule has 4 aliphatic rings. The average molecular weight is 645 g/mol. The number of rotatable bonds is 12. The second kappa shape index (κ2) is 14.0. The molecule has 6 rings (SSSR count). The number of carbonyl (C=O) groups is 2. The lowest BCUT2D eigenvalue weighted by Gasteiger charge is -2.51. The Balaban J connectivity index is 1.21. The molecule has 2 aromatic carbocycles. The number of hydrogen-bond acceptors (Lipinski definition) is 4. The number of anilines is 2. The van der Waals surface area contributed by atoms with Crippen molar-refractivity contribution in [1.29, 1.82) is 0 Å². The number of para-hydroxylation sites is 2. The number of amides is 2. The number of hydrogen-bond donors (Lipinski definition) is 2. The van der Waals surface area contributed by atoms with Crippen molar-refractivity contribution in [2.45, 2.75) is 135 Å². The predicted octanol–water partition coefficient (Wildman–Crippen LogP) is 7.41. The number of likely N-dealkylation sites (tertiary alicyclic amines) is 2. The number of nitrogens with one attached hydrogen (secondary N) is 2. The highest BCUT2D eigenvalue weighted by Crippen LogP contribution is 2.49. The van der Waals surface area contributed by atoms with Crippen molar-refractivity contribution in [3.8, 4) is 0 Å². The fourth-order valence-electron chi connectivity index (χ4n) is 10.2. The maximum absolute atomic E-state index is 15.0. The highest BCUT2D eigenvalue weighted by molar-refractivity contribution is 5.96. The maximum Gasteiger partial charge on any atom is 0.283 e. The number of nitrogens with zero attached hydrogens (tertiary/aromatic N) is 2. The Morgan fingerprint density at radius 1 is 0.638 bits per heavy atom. The first-order valence-electron chi connectivity index (χ1n) is 18.7. The van der Waals surface area contributed by atoms with E-state index in [1.807, 2.05) is 12.1 Å². The van der Waals surface area contributed by atoms with Crippen LogP contribution in [0.5, 0.6) is 0 Å². The summed E-state index contributed by atoms with van der Waals surface area (Å²) in [7, 11) is 0. The van der Waals surface area contributed by atoms with Gasteiger partial charge in [-0.3, -0.25) is 9.59 Å². The average Bonchev–Trinajstić information content (AvgIpc) is 3.85. The normalized spacial score (nSPS) is 32.7. The van der Waals surface area contributed by atoms with Gasteiger partial charge in [-0.25, -0.2) is 0 Å². The molecule has 256 valence electrons. The van der Waals surface area contributed by atoms with Crippen molar-refractivity contribution in [2.24, 2.45) is 11.8 Å². The molecule has 0 spiro atoms. The van der Waals surface area contributed by atoms with Gasteiger partial charge in [0.05, 0.1) is 25.2 Å². The molecule has 47 heavy (non-hydrogen) atoms. The molecular formula is C39H56N4O4. The smallest absolute Gasteiger partial charge is 0.283 e. The summed E-state index contributed by atoms with van der Waals surface area (Å²) in [5.74, 6) is 0.154. The summed E-state index contributed by atoms with van der Waals surface area (Å²) in [6.45, 7) is 8.86. The van der Waals surface area contributed by atoms with Crippen LogP contribution in [0.15, 0.2) is 36.4 Å². The van der Waals surface area contributed by atoms with Gasteiger partial charge in [0.1, 0.15) is 0 Å². The van der Waals surface area contributed by atoms with Crippen molar-refractivity contribution in [1.82, 2.24) is 0 Å². The Morgan fingerprint density at radius 3 is 1.34 bits per heavy atom. The van der Waals surface area contributed by atoms with Crippen LogP contribution < -0.4 is 10.6 Å². The third-order valence-electron chi connectivity index (χ3n) is 12.6. The topological polar surface area (TPSA) is 104 Å². The summed E-state index contributed by atoms with van der Waals surface area (Å²) in [4.78, 5) is 28.0. The molecule has 0 radical (unpaired) electrons. The largest absolute Gasteiger partial charge is 0.632 e. The van der Waals surface area contributed by atoms with E-state index in [1.165, 1.54) is 0 Å². The van der Waals surface area contributed by atoms with E-state index >= 15 is 0 Å². The van der Waals surface area contributed by atoms with Gasteiger partial charge in [0.25, 0.3) is 11.8 Å². The number of fused-ring (bicyclic) bond motifs is 2. The number of benzene rings is 2. The fraction of sp³-hybridized carbons (Fsp3) is 0.641. The molecule has 2 heterocycles. The molecule has 2 saturated heterocycles. The van der Waals surface area contributed by atoms with Crippen LogP contribution in [-0.4, -0.2) is 58.4 Å². The van der Waals surface area contributed by atoms with Gasteiger partial charge in [-0.05, 0) is 73.6 Å². The fourth-order valence-corrected chi connectivity index (χ4v) is 10.2. The number of quaternary nitrogens is 2. The molecule has 0 aromatic heterocycles. The van der Waals surface area contributed by atoms with Gasteiger partial charge >= 0.3 is 0 Å². The van der Waals surface area contributed by atoms with Gasteiger partial charge in [-0.2, -0.15) is 0 Å². The van der Waals surface area contributed by atoms with Crippen LogP contribution in [0.3, 0.4) is 0 Å². The lowest BCUT2D eigenvalue weighted by atomic mass is 10.0. The quantitative estimate of drug-likeness (QED) is 0.185. The highest BCUT2D eigenvalue weighted by atomic mass is 16.6. The van der Waals surface area contributed by atoms with Crippen molar-refractivity contribution < 1.29 is 18.9 Å². The first-order chi connectivity index (χ1) is 22.7. The summed E-state index contributed by atoms with van der Waals surface area (Å²) >= 11 is 0. The minimum Gasteiger partial charge on any atom is -0.632 e. The van der Waals surface area contributed by atoms with Crippen molar-refractivity contribution in [3.63, 3.8) is 0 Å². The van der Waals surface area contributed by atoms with Gasteiger partial charge in [-0.1, -0.05) is 64.1 Å². The van der Waals surface area contributed by atoms with Crippen LogP contribution in [0.1, 0.15) is 108 Å². The molecule has 0 unspecified atom stereocenters. The first-order valence-corrected chi connectivity index (χ1v) is 18.7. The van der Waals surface area contributed by atoms with Gasteiger partial charge in [0.2, 0.25) is 0 Å². The van der Waals surface area contributed by atoms with Crippen LogP contribution >= 0.6 is 0 Å². The van der Waals surface area contributed by atoms with E-state index in [0.29, 0.717) is 19.3 Å². The zero-order valence-electron chi connectivity index (χ0n) is 29.1. The van der Waals surface area contributed by atoms with Gasteiger partial charge < -0.3 is 30.3 Å². The zero-order chi connectivity index (χ0) is 33.3. The molecule has 2 aromatic rings. The van der Waals surface area contributed by atoms with E-state index in [9.17, 15) is 20.0 Å². The molecule has 0 bridgehead atoms. The Labute approximate surface area is 281 Å². The molecule has 2 saturated carbocycles. The second-order valence-corrected chi connectivity index (χ2v) is 14.8. The van der Waals surface area contributed by atoms with Crippen LogP contribution in [-0.2, 0) is 35.3 Å². The van der Waals surface area contributed by atoms with E-state index in [1.54, 1.807) is 0 Å². The van der Waals surface area contributed by atoms with E-state index < -0.39 is 21.4 Å². The Bertz CT molecular complexity index is 1310. The van der Waals surface area contributed by atoms with Crippen molar-refractivity contribution in [3.05, 3.63) is 69.1 Å². The molecule has 2 aliphatic heterocycles. The Kier molecular flexibility index (Phi) is 10.1. The lowest BCUT2D eigenvalue weighted by molar-refractivity contribution is -0.926. The number of aryl methyl sites for hydroxylation is 4. The monoisotopic (exact) mass is 644 g/mol. The second-order valence-electron chi connectivity index (χ2n) is 14.8. The third kappa shape index (κ3) is 6.16. The SMILES string of the molecule is CCc1cccc(CC)c1NC(=O)[C@@H]1C[C@@H]2CCC[C@@H]2[N@@+]1([O-])CCC[N@@+]1([O-])[C@H](C(=O)Nc2c(CC)cccc2CC)C[C@@H]2CCC[C@@H]21. The minimum absolute atomic E-state index is 0.0900. The Morgan fingerprint density at radius 2 is 1.00 bits per heavy atom. The third-order valence-corrected chi connectivity index (χ3v) is 12.6. The minimum atomic E-state index is -0.671. The summed E-state index contributed by atoms with van der Waals surface area (Å²) < 4.78 is -1.05. The Hall–Kier alpha value is -2.78. The molecular weight excluding hydrogens is 588 g/mol. The van der Waals surface area contributed by atoms with E-state index in [4.69, 9.17) is 0 Å². The van der Waals surface area contributed by atoms with Crippen LogP contribution in [0, 0.1) is 22.3 Å². The standard InChI is InChI=1S/C39H56N4O4/c1-5-26-14-9-15-27(6-2)36(26)40-38(44)34-24-30-18-11-20-32(30)42(34,46)22-13-23-43(47)33-21-12-19-31(33)25-35(43)39(45)41-37-28(7-3)16-10-17-29(37)8-4/h9-10,14-17,30-35H,5-8,11-13,18-25H2,1-4H3,(H,40,44)(H,41,45)/t30-,31-,32-,33-,34-,35-,42-,43-/m0/s1. The molecule has 2 amide bonds. The van der Waals surface area contributed by atoms with E-state index in [0.717, 1.165) is 97.8 Å². The van der Waals surface area contributed by atoms with Crippen LogP contribution in [0.2, 0.25) is 0 Å². The van der Waals surface area contributed by atoms with Gasteiger partial charge in [0.15, 0.2) is 12.1 Å². The summed E-state index contributed by atoms with van der Waals surface area (Å²) in [6.07, 6.45) is 10.6. The predicted molar refractivity (Wildman–Crippen MR) is 188 cm³/mol. The van der Waals surface area contributed by atoms with Gasteiger partial charge in [0, 0.05) is 55.3 Å². The lowest BCUT2D eigenvalue weighted by Crippen LogP contribution is -2.60. The molecule has 2 aliphatic carbocycles. The summed E-state index contributed by atoms with van der Waals surface area (Å²) in [5, 5.41) is 36.4. The van der Waals surface area contributed by atoms with E-state index in [2.05, 4.69) is 62.6 Å². The molecule has 4 fully saturated rings. The van der Waals surface area contributed by atoms with Crippen molar-refractivity contribution in [2.75, 3.05) is 23.7 Å².